The summed E-state index contributed by atoms with van der Waals surface area (Å²) in [5.41, 5.74) is 0.812. The molecular weight excluding hydrogens is 156 g/mol. The first kappa shape index (κ1) is 8.77. The molecule has 0 aromatic rings. The number of hydrogen-bond donors (Lipinski definition) is 0. The van der Waals surface area contributed by atoms with Crippen molar-refractivity contribution in [3.05, 3.63) is 11.9 Å². The van der Waals surface area contributed by atoms with Crippen LogP contribution in [-0.4, -0.2) is 35.2 Å². The molecule has 4 nitrogen and oxygen atoms in total. The second-order valence-corrected chi connectivity index (χ2v) is 2.78. The lowest BCUT2D eigenvalue weighted by Crippen LogP contribution is -2.38. The predicted molar refractivity (Wildman–Crippen MR) is 43.9 cm³/mol. The summed E-state index contributed by atoms with van der Waals surface area (Å²) in [5.74, 6) is 0.0138. The largest absolute Gasteiger partial charge is 0.316 e. The first-order chi connectivity index (χ1) is 5.65. The zero-order valence-electron chi connectivity index (χ0n) is 7.28. The zero-order valence-corrected chi connectivity index (χ0v) is 7.28. The molecule has 0 radical (unpaired) electrons. The maximum absolute atomic E-state index is 10.9. The molecule has 1 aliphatic rings. The Bertz CT molecular complexity index is 235. The van der Waals surface area contributed by atoms with Crippen LogP contribution < -0.4 is 0 Å². The molecule has 0 saturated carbocycles. The van der Waals surface area contributed by atoms with Gasteiger partial charge in [0.05, 0.1) is 0 Å². The van der Waals surface area contributed by atoms with E-state index in [0.29, 0.717) is 13.1 Å². The van der Waals surface area contributed by atoms with E-state index in [9.17, 15) is 9.59 Å². The number of carbonyl (C=O) groups is 2. The van der Waals surface area contributed by atoms with E-state index in [1.165, 1.54) is 6.92 Å². The fourth-order valence-corrected chi connectivity index (χ4v) is 1.14. The van der Waals surface area contributed by atoms with Crippen LogP contribution in [0.4, 0.5) is 0 Å². The van der Waals surface area contributed by atoms with Crippen molar-refractivity contribution in [1.29, 1.82) is 0 Å². The summed E-state index contributed by atoms with van der Waals surface area (Å²) in [6.07, 6.45) is 2.48. The van der Waals surface area contributed by atoms with E-state index in [4.69, 9.17) is 0 Å². The summed E-state index contributed by atoms with van der Waals surface area (Å²) in [4.78, 5) is 24.5. The maximum atomic E-state index is 10.9. The topological polar surface area (TPSA) is 40.6 Å². The standard InChI is InChI=1S/C8H12N2O2/c1-7-5-9(8(2)12)3-4-10(7)6-11/h5-6H,3-4H2,1-2H3. The summed E-state index contributed by atoms with van der Waals surface area (Å²) in [6, 6.07) is 0. The Labute approximate surface area is 71.4 Å². The molecule has 12 heavy (non-hydrogen) atoms. The van der Waals surface area contributed by atoms with Gasteiger partial charge < -0.3 is 9.80 Å². The molecule has 0 unspecified atom stereocenters. The highest BCUT2D eigenvalue weighted by molar-refractivity contribution is 5.74. The van der Waals surface area contributed by atoms with Gasteiger partial charge in [-0.15, -0.1) is 0 Å². The predicted octanol–water partition coefficient (Wildman–Crippen LogP) is 0.168. The normalized spacial score (nSPS) is 17.3. The molecule has 0 aliphatic carbocycles. The number of rotatable bonds is 1. The molecule has 0 atom stereocenters. The van der Waals surface area contributed by atoms with Gasteiger partial charge in [-0.3, -0.25) is 9.59 Å². The SMILES string of the molecule is CC(=O)N1C=C(C)N(C=O)CC1. The number of amides is 2. The third-order valence-electron chi connectivity index (χ3n) is 1.91. The average molecular weight is 168 g/mol. The Kier molecular flexibility index (Phi) is 2.47. The second kappa shape index (κ2) is 3.38. The Morgan fingerprint density at radius 3 is 2.67 bits per heavy atom. The summed E-state index contributed by atoms with van der Waals surface area (Å²) < 4.78 is 0. The Morgan fingerprint density at radius 2 is 2.25 bits per heavy atom. The molecule has 0 aromatic heterocycles. The van der Waals surface area contributed by atoms with E-state index in [2.05, 4.69) is 0 Å². The summed E-state index contributed by atoms with van der Waals surface area (Å²) in [7, 11) is 0. The monoisotopic (exact) mass is 168 g/mol. The van der Waals surface area contributed by atoms with Crippen molar-refractivity contribution >= 4 is 12.3 Å². The molecule has 0 fully saturated rings. The molecule has 2 amide bonds. The Balaban J connectivity index is 2.74. The zero-order chi connectivity index (χ0) is 9.14. The molecule has 1 aliphatic heterocycles. The maximum Gasteiger partial charge on any atom is 0.223 e. The highest BCUT2D eigenvalue weighted by Crippen LogP contribution is 2.09. The van der Waals surface area contributed by atoms with Crippen molar-refractivity contribution < 1.29 is 9.59 Å². The van der Waals surface area contributed by atoms with Gasteiger partial charge in [0.15, 0.2) is 0 Å². The average Bonchev–Trinajstić information content (AvgIpc) is 2.04. The van der Waals surface area contributed by atoms with Crippen LogP contribution in [0.1, 0.15) is 13.8 Å². The molecule has 0 N–H and O–H groups in total. The lowest BCUT2D eigenvalue weighted by molar-refractivity contribution is -0.128. The minimum atomic E-state index is 0.0138. The molecule has 1 rings (SSSR count). The van der Waals surface area contributed by atoms with Crippen molar-refractivity contribution in [3.8, 4) is 0 Å². The van der Waals surface area contributed by atoms with Crippen molar-refractivity contribution in [2.24, 2.45) is 0 Å². The first-order valence-corrected chi connectivity index (χ1v) is 3.82. The number of nitrogens with zero attached hydrogens (tertiary/aromatic N) is 2. The van der Waals surface area contributed by atoms with Gasteiger partial charge in [0.1, 0.15) is 0 Å². The van der Waals surface area contributed by atoms with Crippen LogP contribution in [0.25, 0.3) is 0 Å². The van der Waals surface area contributed by atoms with Gasteiger partial charge >= 0.3 is 0 Å². The van der Waals surface area contributed by atoms with E-state index in [1.807, 2.05) is 6.92 Å². The van der Waals surface area contributed by atoms with E-state index >= 15 is 0 Å². The van der Waals surface area contributed by atoms with Gasteiger partial charge in [0.2, 0.25) is 12.3 Å². The van der Waals surface area contributed by atoms with Crippen LogP contribution in [0.2, 0.25) is 0 Å². The Hall–Kier alpha value is -1.32. The van der Waals surface area contributed by atoms with Crippen LogP contribution in [0, 0.1) is 0 Å². The summed E-state index contributed by atoms with van der Waals surface area (Å²) >= 11 is 0. The molecule has 0 bridgehead atoms. The Morgan fingerprint density at radius 1 is 1.58 bits per heavy atom. The molecule has 1 heterocycles. The van der Waals surface area contributed by atoms with Crippen LogP contribution >= 0.6 is 0 Å². The minimum Gasteiger partial charge on any atom is -0.316 e. The van der Waals surface area contributed by atoms with Crippen LogP contribution in [0.5, 0.6) is 0 Å². The summed E-state index contributed by atoms with van der Waals surface area (Å²) in [5, 5.41) is 0. The van der Waals surface area contributed by atoms with Gasteiger partial charge in [-0.2, -0.15) is 0 Å². The molecular formula is C8H12N2O2. The van der Waals surface area contributed by atoms with E-state index in [-0.39, 0.29) is 5.91 Å². The van der Waals surface area contributed by atoms with Gasteiger partial charge in [0.25, 0.3) is 0 Å². The van der Waals surface area contributed by atoms with E-state index < -0.39 is 0 Å². The van der Waals surface area contributed by atoms with E-state index in [0.717, 1.165) is 12.1 Å². The van der Waals surface area contributed by atoms with Gasteiger partial charge in [-0.1, -0.05) is 0 Å². The molecule has 0 aromatic carbocycles. The van der Waals surface area contributed by atoms with Crippen molar-refractivity contribution in [2.75, 3.05) is 13.1 Å². The van der Waals surface area contributed by atoms with Crippen LogP contribution in [0.3, 0.4) is 0 Å². The highest BCUT2D eigenvalue weighted by atomic mass is 16.2. The molecule has 0 spiro atoms. The fraction of sp³-hybridized carbons (Fsp3) is 0.500. The molecule has 66 valence electrons. The van der Waals surface area contributed by atoms with Crippen LogP contribution in [-0.2, 0) is 9.59 Å². The van der Waals surface area contributed by atoms with Gasteiger partial charge in [0, 0.05) is 31.9 Å². The number of allylic oxidation sites excluding steroid dienone is 1. The third kappa shape index (κ3) is 1.64. The second-order valence-electron chi connectivity index (χ2n) is 2.78. The smallest absolute Gasteiger partial charge is 0.223 e. The van der Waals surface area contributed by atoms with E-state index in [1.54, 1.807) is 16.0 Å². The van der Waals surface area contributed by atoms with Crippen molar-refractivity contribution in [3.63, 3.8) is 0 Å². The van der Waals surface area contributed by atoms with Crippen LogP contribution in [0.15, 0.2) is 11.9 Å². The van der Waals surface area contributed by atoms with Crippen molar-refractivity contribution in [2.45, 2.75) is 13.8 Å². The number of hydrogen-bond acceptors (Lipinski definition) is 2. The van der Waals surface area contributed by atoms with Gasteiger partial charge in [-0.05, 0) is 6.92 Å². The quantitative estimate of drug-likeness (QED) is 0.523. The molecule has 0 saturated heterocycles. The number of carbonyl (C=O) groups excluding carboxylic acids is 2. The third-order valence-corrected chi connectivity index (χ3v) is 1.91. The highest BCUT2D eigenvalue weighted by Gasteiger charge is 2.15. The first-order valence-electron chi connectivity index (χ1n) is 3.82. The van der Waals surface area contributed by atoms with Crippen molar-refractivity contribution in [1.82, 2.24) is 9.80 Å². The fourth-order valence-electron chi connectivity index (χ4n) is 1.14. The molecule has 4 heteroatoms. The van der Waals surface area contributed by atoms with Gasteiger partial charge in [-0.25, -0.2) is 0 Å². The lowest BCUT2D eigenvalue weighted by atomic mass is 10.3. The summed E-state index contributed by atoms with van der Waals surface area (Å²) in [6.45, 7) is 4.50. The minimum absolute atomic E-state index is 0.0138. The lowest BCUT2D eigenvalue weighted by Gasteiger charge is -2.29.